The van der Waals surface area contributed by atoms with E-state index in [0.29, 0.717) is 10.6 Å². The second-order valence-electron chi connectivity index (χ2n) is 3.78. The molecule has 0 aliphatic rings. The molecule has 0 aliphatic heterocycles. The van der Waals surface area contributed by atoms with Crippen LogP contribution in [0.2, 0.25) is 0 Å². The van der Waals surface area contributed by atoms with Crippen LogP contribution >= 0.6 is 11.6 Å². The van der Waals surface area contributed by atoms with Crippen molar-refractivity contribution in [2.45, 2.75) is 32.6 Å². The Bertz CT molecular complexity index is 354. The third kappa shape index (κ3) is 4.63. The van der Waals surface area contributed by atoms with Gasteiger partial charge in [0, 0.05) is 16.7 Å². The summed E-state index contributed by atoms with van der Waals surface area (Å²) in [5.41, 5.74) is 0.691. The number of ketones is 1. The van der Waals surface area contributed by atoms with Crippen LogP contribution in [0.3, 0.4) is 0 Å². The molecule has 1 aromatic rings. The number of allylic oxidation sites excluding steroid dienone is 2. The molecule has 0 fully saturated rings. The highest BCUT2D eigenvalue weighted by Gasteiger charge is 2.02. The van der Waals surface area contributed by atoms with Gasteiger partial charge in [-0.3, -0.25) is 4.79 Å². The lowest BCUT2D eigenvalue weighted by Crippen LogP contribution is -1.94. The van der Waals surface area contributed by atoms with Crippen LogP contribution in [0.1, 0.15) is 43.0 Å². The molecule has 2 heteroatoms. The summed E-state index contributed by atoms with van der Waals surface area (Å²) < 4.78 is 0. The molecule has 0 unspecified atom stereocenters. The third-order valence-electron chi connectivity index (χ3n) is 2.37. The van der Waals surface area contributed by atoms with Crippen molar-refractivity contribution in [3.05, 3.63) is 47.0 Å². The van der Waals surface area contributed by atoms with Crippen molar-refractivity contribution in [3.8, 4) is 0 Å². The molecule has 86 valence electrons. The third-order valence-corrected chi connectivity index (χ3v) is 2.66. The van der Waals surface area contributed by atoms with Gasteiger partial charge in [0.2, 0.25) is 0 Å². The van der Waals surface area contributed by atoms with Crippen molar-refractivity contribution in [1.29, 1.82) is 0 Å². The van der Waals surface area contributed by atoms with Gasteiger partial charge in [0.25, 0.3) is 0 Å². The highest BCUT2D eigenvalue weighted by molar-refractivity contribution is 6.31. The average Bonchev–Trinajstić information content (AvgIpc) is 2.30. The molecule has 0 saturated carbocycles. The summed E-state index contributed by atoms with van der Waals surface area (Å²) in [6.45, 7) is 2.15. The van der Waals surface area contributed by atoms with Gasteiger partial charge < -0.3 is 0 Å². The van der Waals surface area contributed by atoms with E-state index in [-0.39, 0.29) is 5.78 Å². The number of halogens is 1. The monoisotopic (exact) mass is 236 g/mol. The molecule has 0 aliphatic carbocycles. The molecule has 0 heterocycles. The molecule has 0 amide bonds. The van der Waals surface area contributed by atoms with Crippen LogP contribution in [-0.4, -0.2) is 5.78 Å². The van der Waals surface area contributed by atoms with E-state index in [1.165, 1.54) is 6.08 Å². The van der Waals surface area contributed by atoms with Crippen molar-refractivity contribution < 1.29 is 4.79 Å². The van der Waals surface area contributed by atoms with E-state index in [4.69, 9.17) is 11.6 Å². The highest BCUT2D eigenvalue weighted by Crippen LogP contribution is 2.14. The van der Waals surface area contributed by atoms with Gasteiger partial charge in [0.1, 0.15) is 0 Å². The van der Waals surface area contributed by atoms with Gasteiger partial charge in [-0.25, -0.2) is 0 Å². The van der Waals surface area contributed by atoms with Crippen LogP contribution < -0.4 is 0 Å². The molecule has 0 atom stereocenters. The van der Waals surface area contributed by atoms with Gasteiger partial charge in [-0.1, -0.05) is 61.7 Å². The van der Waals surface area contributed by atoms with Crippen molar-refractivity contribution >= 4 is 17.4 Å². The molecule has 0 saturated heterocycles. The Morgan fingerprint density at radius 3 is 2.56 bits per heavy atom. The summed E-state index contributed by atoms with van der Waals surface area (Å²) in [6.07, 6.45) is 5.70. The average molecular weight is 237 g/mol. The maximum absolute atomic E-state index is 11.7. The quantitative estimate of drug-likeness (QED) is 0.402. The Balaban J connectivity index is 2.52. The Labute approximate surface area is 102 Å². The Morgan fingerprint density at radius 1 is 1.25 bits per heavy atom. The standard InChI is InChI=1S/C14H17ClO/c1-2-3-5-10-13(15)11-14(16)12-8-6-4-7-9-12/h4,6-9,11H,2-3,5,10H2,1H3/b13-11+. The van der Waals surface area contributed by atoms with Crippen LogP contribution in [0.5, 0.6) is 0 Å². The molecule has 0 spiro atoms. The maximum atomic E-state index is 11.7. The molecular weight excluding hydrogens is 220 g/mol. The minimum atomic E-state index is -0.0119. The van der Waals surface area contributed by atoms with E-state index < -0.39 is 0 Å². The lowest BCUT2D eigenvalue weighted by molar-refractivity contribution is 0.104. The number of rotatable bonds is 6. The number of benzene rings is 1. The molecule has 1 rings (SSSR count). The molecule has 0 aromatic heterocycles. The number of carbonyl (C=O) groups is 1. The van der Waals surface area contributed by atoms with Crippen LogP contribution in [0.4, 0.5) is 0 Å². The molecule has 1 aromatic carbocycles. The van der Waals surface area contributed by atoms with E-state index in [0.717, 1.165) is 25.7 Å². The lowest BCUT2D eigenvalue weighted by atomic mass is 10.1. The summed E-state index contributed by atoms with van der Waals surface area (Å²) >= 11 is 6.00. The van der Waals surface area contributed by atoms with Crippen LogP contribution in [0.15, 0.2) is 41.4 Å². The second kappa shape index (κ2) is 7.24. The fourth-order valence-electron chi connectivity index (χ4n) is 1.44. The van der Waals surface area contributed by atoms with E-state index in [9.17, 15) is 4.79 Å². The Hall–Kier alpha value is -1.08. The summed E-state index contributed by atoms with van der Waals surface area (Å²) in [6, 6.07) is 9.20. The van der Waals surface area contributed by atoms with Crippen LogP contribution in [0, 0.1) is 0 Å². The zero-order chi connectivity index (χ0) is 11.8. The number of unbranched alkanes of at least 4 members (excludes halogenated alkanes) is 2. The summed E-state index contributed by atoms with van der Waals surface area (Å²) in [7, 11) is 0. The Kier molecular flexibility index (Phi) is 5.87. The van der Waals surface area contributed by atoms with E-state index in [1.807, 2.05) is 18.2 Å². The predicted molar refractivity (Wildman–Crippen MR) is 68.9 cm³/mol. The predicted octanol–water partition coefficient (Wildman–Crippen LogP) is 4.57. The van der Waals surface area contributed by atoms with Gasteiger partial charge in [-0.2, -0.15) is 0 Å². The number of hydrogen-bond donors (Lipinski definition) is 0. The fraction of sp³-hybridized carbons (Fsp3) is 0.357. The first-order chi connectivity index (χ1) is 7.74. The van der Waals surface area contributed by atoms with E-state index in [1.54, 1.807) is 12.1 Å². The SMILES string of the molecule is CCCCC/C(Cl)=C\C(=O)c1ccccc1. The van der Waals surface area contributed by atoms with Crippen molar-refractivity contribution in [2.75, 3.05) is 0 Å². The molecule has 0 bridgehead atoms. The zero-order valence-electron chi connectivity index (χ0n) is 9.58. The maximum Gasteiger partial charge on any atom is 0.186 e. The summed E-state index contributed by atoms with van der Waals surface area (Å²) in [4.78, 5) is 11.7. The second-order valence-corrected chi connectivity index (χ2v) is 4.26. The van der Waals surface area contributed by atoms with E-state index in [2.05, 4.69) is 6.92 Å². The van der Waals surface area contributed by atoms with E-state index >= 15 is 0 Å². The van der Waals surface area contributed by atoms with Crippen molar-refractivity contribution in [3.63, 3.8) is 0 Å². The largest absolute Gasteiger partial charge is 0.289 e. The topological polar surface area (TPSA) is 17.1 Å². The van der Waals surface area contributed by atoms with Gasteiger partial charge in [0.05, 0.1) is 0 Å². The van der Waals surface area contributed by atoms with Gasteiger partial charge in [0.15, 0.2) is 5.78 Å². The normalized spacial score (nSPS) is 11.5. The smallest absolute Gasteiger partial charge is 0.186 e. The summed E-state index contributed by atoms with van der Waals surface area (Å²) in [5, 5.41) is 0.655. The molecule has 1 nitrogen and oxygen atoms in total. The number of hydrogen-bond acceptors (Lipinski definition) is 1. The van der Waals surface area contributed by atoms with Gasteiger partial charge in [-0.15, -0.1) is 0 Å². The number of carbonyl (C=O) groups excluding carboxylic acids is 1. The zero-order valence-corrected chi connectivity index (χ0v) is 10.3. The highest BCUT2D eigenvalue weighted by atomic mass is 35.5. The van der Waals surface area contributed by atoms with Crippen LogP contribution in [-0.2, 0) is 0 Å². The first-order valence-electron chi connectivity index (χ1n) is 5.69. The molecule has 16 heavy (non-hydrogen) atoms. The minimum Gasteiger partial charge on any atom is -0.289 e. The first-order valence-corrected chi connectivity index (χ1v) is 6.07. The minimum absolute atomic E-state index is 0.0119. The van der Waals surface area contributed by atoms with Crippen molar-refractivity contribution in [2.24, 2.45) is 0 Å². The Morgan fingerprint density at radius 2 is 1.94 bits per heavy atom. The first kappa shape index (κ1) is 13.0. The molecule has 0 radical (unpaired) electrons. The molecule has 0 N–H and O–H groups in total. The lowest BCUT2D eigenvalue weighted by Gasteiger charge is -1.98. The van der Waals surface area contributed by atoms with Crippen LogP contribution in [0.25, 0.3) is 0 Å². The van der Waals surface area contributed by atoms with Gasteiger partial charge in [-0.05, 0) is 12.8 Å². The fourth-order valence-corrected chi connectivity index (χ4v) is 1.68. The van der Waals surface area contributed by atoms with Crippen molar-refractivity contribution in [1.82, 2.24) is 0 Å². The molecular formula is C14H17ClO. The van der Waals surface area contributed by atoms with Gasteiger partial charge >= 0.3 is 0 Å². The summed E-state index contributed by atoms with van der Waals surface area (Å²) in [5.74, 6) is -0.0119.